The van der Waals surface area contributed by atoms with Gasteiger partial charge in [-0.25, -0.2) is 4.98 Å². The molecule has 0 fully saturated rings. The van der Waals surface area contributed by atoms with Crippen LogP contribution in [0.3, 0.4) is 0 Å². The van der Waals surface area contributed by atoms with E-state index in [1.54, 1.807) is 29.6 Å². The van der Waals surface area contributed by atoms with Crippen molar-refractivity contribution in [2.24, 2.45) is 0 Å². The van der Waals surface area contributed by atoms with Gasteiger partial charge in [0.05, 0.1) is 17.6 Å². The molecule has 7 heteroatoms. The second-order valence-corrected chi connectivity index (χ2v) is 3.38. The van der Waals surface area contributed by atoms with Crippen LogP contribution in [-0.2, 0) is 11.3 Å². The zero-order chi connectivity index (χ0) is 12.5. The molecule has 0 aliphatic rings. The quantitative estimate of drug-likeness (QED) is 0.844. The Hall–Kier alpha value is -2.05. The predicted molar refractivity (Wildman–Crippen MR) is 54.0 cm³/mol. The molecule has 4 nitrogen and oxygen atoms in total. The number of imidazole rings is 1. The Labute approximate surface area is 93.8 Å². The number of H-pyrrole nitrogens is 1. The number of alkyl halides is 3. The number of carbonyl (C=O) groups is 1. The number of hydrogen-bond acceptors (Lipinski definition) is 2. The lowest BCUT2D eigenvalue weighted by atomic mass is 10.3. The highest BCUT2D eigenvalue weighted by molar-refractivity contribution is 5.81. The molecule has 1 amide bonds. The van der Waals surface area contributed by atoms with Crippen molar-refractivity contribution in [3.63, 3.8) is 0 Å². The fourth-order valence-corrected chi connectivity index (χ4v) is 1.35. The maximum atomic E-state index is 11.9. The van der Waals surface area contributed by atoms with Crippen molar-refractivity contribution in [3.8, 4) is 0 Å². The molecule has 0 radical (unpaired) electrons. The van der Waals surface area contributed by atoms with Gasteiger partial charge in [-0.05, 0) is 12.1 Å². The Bertz CT molecular complexity index is 514. The molecule has 0 atom stereocenters. The summed E-state index contributed by atoms with van der Waals surface area (Å²) in [6.45, 7) is -0.285. The van der Waals surface area contributed by atoms with Gasteiger partial charge in [-0.3, -0.25) is 4.79 Å². The number of nitrogens with zero attached hydrogens (tertiary/aromatic N) is 1. The van der Waals surface area contributed by atoms with Gasteiger partial charge in [0.15, 0.2) is 0 Å². The van der Waals surface area contributed by atoms with E-state index in [-0.39, 0.29) is 12.4 Å². The maximum absolute atomic E-state index is 11.9. The fourth-order valence-electron chi connectivity index (χ4n) is 1.35. The second-order valence-electron chi connectivity index (χ2n) is 3.38. The molecule has 0 unspecified atom stereocenters. The lowest BCUT2D eigenvalue weighted by Gasteiger charge is -2.05. The van der Waals surface area contributed by atoms with Gasteiger partial charge < -0.3 is 10.3 Å². The lowest BCUT2D eigenvalue weighted by Crippen LogP contribution is -2.36. The van der Waals surface area contributed by atoms with E-state index in [9.17, 15) is 18.0 Å². The smallest absolute Gasteiger partial charge is 0.341 e. The number of aromatic nitrogens is 2. The maximum Gasteiger partial charge on any atom is 0.471 e. The molecule has 0 aliphatic carbocycles. The highest BCUT2D eigenvalue weighted by atomic mass is 19.4. The average molecular weight is 243 g/mol. The number of amides is 1. The molecule has 2 N–H and O–H groups in total. The van der Waals surface area contributed by atoms with E-state index in [0.29, 0.717) is 11.0 Å². The summed E-state index contributed by atoms with van der Waals surface area (Å²) in [5.74, 6) is -1.69. The van der Waals surface area contributed by atoms with Crippen LogP contribution < -0.4 is 5.32 Å². The van der Waals surface area contributed by atoms with Gasteiger partial charge in [-0.15, -0.1) is 0 Å². The number of halogens is 3. The van der Waals surface area contributed by atoms with Gasteiger partial charge in [0.2, 0.25) is 0 Å². The van der Waals surface area contributed by atoms with Crippen molar-refractivity contribution in [2.45, 2.75) is 12.7 Å². The molecule has 2 aromatic rings. The standard InChI is InChI=1S/C10H8F3N3O/c11-10(12,13)9(17)14-5-8-15-6-3-1-2-4-7(6)16-8/h1-4H,5H2,(H,14,17)(H,15,16). The largest absolute Gasteiger partial charge is 0.471 e. The highest BCUT2D eigenvalue weighted by Gasteiger charge is 2.38. The van der Waals surface area contributed by atoms with E-state index in [1.165, 1.54) is 0 Å². The van der Waals surface area contributed by atoms with Gasteiger partial charge in [-0.1, -0.05) is 12.1 Å². The minimum absolute atomic E-state index is 0.281. The minimum atomic E-state index is -4.87. The first-order valence-electron chi connectivity index (χ1n) is 4.75. The van der Waals surface area contributed by atoms with E-state index in [2.05, 4.69) is 9.97 Å². The third-order valence-electron chi connectivity index (χ3n) is 2.11. The van der Waals surface area contributed by atoms with Crippen LogP contribution in [-0.4, -0.2) is 22.1 Å². The molecule has 0 aliphatic heterocycles. The number of nitrogens with one attached hydrogen (secondary N) is 2. The number of rotatable bonds is 2. The molecule has 0 bridgehead atoms. The fraction of sp³-hybridized carbons (Fsp3) is 0.200. The van der Waals surface area contributed by atoms with Gasteiger partial charge in [0, 0.05) is 0 Å². The summed E-state index contributed by atoms with van der Waals surface area (Å²) in [7, 11) is 0. The summed E-state index contributed by atoms with van der Waals surface area (Å²) in [5, 5.41) is 1.74. The SMILES string of the molecule is O=C(NCc1nc2ccccc2[nH]1)C(F)(F)F. The molecular weight excluding hydrogens is 235 g/mol. The molecular formula is C10H8F3N3O. The number of carbonyl (C=O) groups excluding carboxylic acids is 1. The monoisotopic (exact) mass is 243 g/mol. The Morgan fingerprint density at radius 1 is 1.35 bits per heavy atom. The first-order chi connectivity index (χ1) is 7.97. The van der Waals surface area contributed by atoms with Crippen LogP contribution >= 0.6 is 0 Å². The summed E-state index contributed by atoms with van der Waals surface area (Å²) >= 11 is 0. The molecule has 0 saturated carbocycles. The van der Waals surface area contributed by atoms with Crippen LogP contribution in [0.2, 0.25) is 0 Å². The zero-order valence-electron chi connectivity index (χ0n) is 8.51. The Morgan fingerprint density at radius 3 is 2.71 bits per heavy atom. The summed E-state index contributed by atoms with van der Waals surface area (Å²) in [5.41, 5.74) is 1.35. The van der Waals surface area contributed by atoms with Gasteiger partial charge in [-0.2, -0.15) is 13.2 Å². The summed E-state index contributed by atoms with van der Waals surface area (Å²) in [6.07, 6.45) is -4.87. The number of hydrogen-bond donors (Lipinski definition) is 2. The van der Waals surface area contributed by atoms with Crippen LogP contribution in [0.15, 0.2) is 24.3 Å². The lowest BCUT2D eigenvalue weighted by molar-refractivity contribution is -0.173. The Morgan fingerprint density at radius 2 is 2.06 bits per heavy atom. The molecule has 1 heterocycles. The number of fused-ring (bicyclic) bond motifs is 1. The van der Waals surface area contributed by atoms with E-state index in [1.807, 2.05) is 0 Å². The van der Waals surface area contributed by atoms with Crippen LogP contribution in [0.5, 0.6) is 0 Å². The van der Waals surface area contributed by atoms with E-state index >= 15 is 0 Å². The number of benzene rings is 1. The van der Waals surface area contributed by atoms with Crippen molar-refractivity contribution in [2.75, 3.05) is 0 Å². The van der Waals surface area contributed by atoms with E-state index < -0.39 is 12.1 Å². The minimum Gasteiger partial charge on any atom is -0.341 e. The van der Waals surface area contributed by atoms with Gasteiger partial charge in [0.25, 0.3) is 0 Å². The molecule has 1 aromatic heterocycles. The Kier molecular flexibility index (Phi) is 2.74. The molecule has 0 saturated heterocycles. The predicted octanol–water partition coefficient (Wildman–Crippen LogP) is 1.74. The molecule has 90 valence electrons. The number of aromatic amines is 1. The zero-order valence-corrected chi connectivity index (χ0v) is 8.51. The summed E-state index contributed by atoms with van der Waals surface area (Å²) in [4.78, 5) is 17.4. The van der Waals surface area contributed by atoms with E-state index in [0.717, 1.165) is 0 Å². The summed E-state index contributed by atoms with van der Waals surface area (Å²) in [6, 6.07) is 7.01. The van der Waals surface area contributed by atoms with Crippen LogP contribution in [0.25, 0.3) is 11.0 Å². The third-order valence-corrected chi connectivity index (χ3v) is 2.11. The third kappa shape index (κ3) is 2.55. The van der Waals surface area contributed by atoms with Crippen molar-refractivity contribution in [1.29, 1.82) is 0 Å². The molecule has 2 rings (SSSR count). The van der Waals surface area contributed by atoms with Gasteiger partial charge >= 0.3 is 12.1 Å². The number of para-hydroxylation sites is 2. The van der Waals surface area contributed by atoms with Crippen LogP contribution in [0.1, 0.15) is 5.82 Å². The van der Waals surface area contributed by atoms with Crippen molar-refractivity contribution in [3.05, 3.63) is 30.1 Å². The van der Waals surface area contributed by atoms with E-state index in [4.69, 9.17) is 0 Å². The van der Waals surface area contributed by atoms with Crippen molar-refractivity contribution in [1.82, 2.24) is 15.3 Å². The highest BCUT2D eigenvalue weighted by Crippen LogP contribution is 2.15. The van der Waals surface area contributed by atoms with Gasteiger partial charge in [0.1, 0.15) is 5.82 Å². The molecule has 17 heavy (non-hydrogen) atoms. The topological polar surface area (TPSA) is 57.8 Å². The molecule has 0 spiro atoms. The Balaban J connectivity index is 2.07. The normalized spacial score (nSPS) is 11.7. The van der Waals surface area contributed by atoms with Crippen LogP contribution in [0, 0.1) is 0 Å². The summed E-state index contributed by atoms with van der Waals surface area (Å²) < 4.78 is 35.7. The van der Waals surface area contributed by atoms with Crippen molar-refractivity contribution < 1.29 is 18.0 Å². The second kappa shape index (κ2) is 4.08. The first-order valence-corrected chi connectivity index (χ1v) is 4.75. The average Bonchev–Trinajstić information content (AvgIpc) is 2.66. The van der Waals surface area contributed by atoms with Crippen molar-refractivity contribution >= 4 is 16.9 Å². The first kappa shape index (κ1) is 11.4. The molecule has 1 aromatic carbocycles. The van der Waals surface area contributed by atoms with Crippen LogP contribution in [0.4, 0.5) is 13.2 Å².